The lowest BCUT2D eigenvalue weighted by Gasteiger charge is -2.37. The highest BCUT2D eigenvalue weighted by molar-refractivity contribution is 6.00. The Morgan fingerprint density at radius 1 is 1.07 bits per heavy atom. The summed E-state index contributed by atoms with van der Waals surface area (Å²) in [5.74, 6) is -1.55. The molecule has 13 heteroatoms. The van der Waals surface area contributed by atoms with Crippen molar-refractivity contribution in [2.75, 3.05) is 18.0 Å². The number of pyridine rings is 1. The molecule has 1 aliphatic rings. The zero-order valence-corrected chi connectivity index (χ0v) is 22.8. The quantitative estimate of drug-likeness (QED) is 0.264. The number of amides is 1. The largest absolute Gasteiger partial charge is 0.383 e. The van der Waals surface area contributed by atoms with Gasteiger partial charge in [-0.2, -0.15) is 14.7 Å². The number of hydrogen-bond acceptors (Lipinski definition) is 8. The average Bonchev–Trinajstić information content (AvgIpc) is 3.59. The summed E-state index contributed by atoms with van der Waals surface area (Å²) in [5.41, 5.74) is 15.6. The van der Waals surface area contributed by atoms with Crippen LogP contribution in [-0.4, -0.2) is 59.0 Å². The Balaban J connectivity index is 1.34. The summed E-state index contributed by atoms with van der Waals surface area (Å²) in [7, 11) is 0. The lowest BCUT2D eigenvalue weighted by molar-refractivity contribution is 0.0607. The van der Waals surface area contributed by atoms with E-state index in [1.54, 1.807) is 29.4 Å². The standard InChI is InChI=1S/C29H27F2N9O2/c1-14-9-16(7-8-39(14)29(42)23-11-24(32)38-37-23)26-25(15(2)41)27(33)40-28(36-26)20(13-35-40)17-3-6-22(34-12-17)19-5-4-18(30)10-21(19)31/h3-6,10-14,16H,7-9,33H2,1-2H3,(H3,32,37,38)/t14-,16+/m0/s1. The second kappa shape index (κ2) is 10.3. The number of carbonyl (C=O) groups is 2. The number of ketones is 1. The van der Waals surface area contributed by atoms with Crippen LogP contribution in [-0.2, 0) is 0 Å². The third-order valence-electron chi connectivity index (χ3n) is 7.70. The highest BCUT2D eigenvalue weighted by atomic mass is 19.1. The van der Waals surface area contributed by atoms with Crippen molar-refractivity contribution in [3.05, 3.63) is 77.4 Å². The summed E-state index contributed by atoms with van der Waals surface area (Å²) >= 11 is 0. The van der Waals surface area contributed by atoms with Crippen molar-refractivity contribution in [1.82, 2.24) is 34.7 Å². The minimum atomic E-state index is -0.710. The molecule has 1 amide bonds. The van der Waals surface area contributed by atoms with E-state index in [1.807, 2.05) is 6.92 Å². The summed E-state index contributed by atoms with van der Waals surface area (Å²) in [4.78, 5) is 36.9. The number of carbonyl (C=O) groups excluding carboxylic acids is 2. The third-order valence-corrected chi connectivity index (χ3v) is 7.70. The Kier molecular flexibility index (Phi) is 6.64. The Morgan fingerprint density at radius 2 is 1.88 bits per heavy atom. The van der Waals surface area contributed by atoms with E-state index in [0.29, 0.717) is 58.8 Å². The van der Waals surface area contributed by atoms with Crippen LogP contribution in [0.5, 0.6) is 0 Å². The number of nitrogens with one attached hydrogen (secondary N) is 1. The molecule has 1 aromatic carbocycles. The average molecular weight is 572 g/mol. The number of anilines is 2. The van der Waals surface area contributed by atoms with Gasteiger partial charge in [0.25, 0.3) is 5.91 Å². The van der Waals surface area contributed by atoms with Gasteiger partial charge in [0, 0.05) is 53.5 Å². The van der Waals surface area contributed by atoms with Gasteiger partial charge in [-0.25, -0.2) is 13.8 Å². The number of aromatic nitrogens is 6. The number of aromatic amines is 1. The summed E-state index contributed by atoms with van der Waals surface area (Å²) in [6.45, 7) is 3.82. The van der Waals surface area contributed by atoms with Gasteiger partial charge in [0.15, 0.2) is 11.4 Å². The van der Waals surface area contributed by atoms with Crippen molar-refractivity contribution in [1.29, 1.82) is 0 Å². The molecular weight excluding hydrogens is 544 g/mol. The lowest BCUT2D eigenvalue weighted by Crippen LogP contribution is -2.44. The first-order valence-corrected chi connectivity index (χ1v) is 13.3. The number of fused-ring (bicyclic) bond motifs is 1. The fourth-order valence-electron chi connectivity index (χ4n) is 5.63. The predicted octanol–water partition coefficient (Wildman–Crippen LogP) is 4.23. The van der Waals surface area contributed by atoms with E-state index in [0.717, 1.165) is 6.07 Å². The zero-order chi connectivity index (χ0) is 29.7. The van der Waals surface area contributed by atoms with Crippen molar-refractivity contribution in [3.8, 4) is 22.4 Å². The number of halogens is 2. The summed E-state index contributed by atoms with van der Waals surface area (Å²) in [5, 5.41) is 10.9. The number of nitrogen functional groups attached to an aromatic ring is 2. The minimum Gasteiger partial charge on any atom is -0.383 e. The Bertz CT molecular complexity index is 1850. The van der Waals surface area contributed by atoms with E-state index in [4.69, 9.17) is 16.5 Å². The summed E-state index contributed by atoms with van der Waals surface area (Å²) in [6, 6.07) is 8.04. The first-order chi connectivity index (χ1) is 20.1. The van der Waals surface area contributed by atoms with Gasteiger partial charge >= 0.3 is 0 Å². The van der Waals surface area contributed by atoms with Crippen LogP contribution in [0.2, 0.25) is 0 Å². The van der Waals surface area contributed by atoms with Crippen LogP contribution < -0.4 is 11.5 Å². The number of likely N-dealkylation sites (tertiary alicyclic amines) is 1. The molecule has 1 aliphatic heterocycles. The Morgan fingerprint density at radius 3 is 2.52 bits per heavy atom. The highest BCUT2D eigenvalue weighted by Crippen LogP contribution is 2.37. The second-order valence-electron chi connectivity index (χ2n) is 10.4. The van der Waals surface area contributed by atoms with Gasteiger partial charge in [0.05, 0.1) is 23.1 Å². The minimum absolute atomic E-state index is 0.146. The molecule has 0 bridgehead atoms. The molecular formula is C29H27F2N9O2. The van der Waals surface area contributed by atoms with Crippen molar-refractivity contribution in [2.45, 2.75) is 38.6 Å². The van der Waals surface area contributed by atoms with Crippen molar-refractivity contribution in [2.24, 2.45) is 0 Å². The summed E-state index contributed by atoms with van der Waals surface area (Å²) in [6.07, 6.45) is 4.26. The van der Waals surface area contributed by atoms with Crippen molar-refractivity contribution >= 4 is 29.0 Å². The molecule has 5 aromatic rings. The van der Waals surface area contributed by atoms with Gasteiger partial charge in [-0.3, -0.25) is 19.7 Å². The van der Waals surface area contributed by atoms with Crippen molar-refractivity contribution in [3.63, 3.8) is 0 Å². The fraction of sp³-hybridized carbons (Fsp3) is 0.241. The second-order valence-corrected chi connectivity index (χ2v) is 10.4. The molecule has 1 saturated heterocycles. The molecule has 2 atom stereocenters. The molecule has 0 radical (unpaired) electrons. The normalized spacial score (nSPS) is 17.1. The van der Waals surface area contributed by atoms with E-state index in [-0.39, 0.29) is 40.8 Å². The van der Waals surface area contributed by atoms with Crippen LogP contribution in [0, 0.1) is 11.6 Å². The zero-order valence-electron chi connectivity index (χ0n) is 22.8. The number of Topliss-reactive ketones (excluding diaryl/α,β-unsaturated/α-hetero) is 1. The van der Waals surface area contributed by atoms with E-state index in [1.165, 1.54) is 29.6 Å². The van der Waals surface area contributed by atoms with Gasteiger partial charge in [-0.15, -0.1) is 0 Å². The molecule has 0 spiro atoms. The van der Waals surface area contributed by atoms with Gasteiger partial charge in [-0.05, 0) is 44.9 Å². The van der Waals surface area contributed by atoms with Crippen molar-refractivity contribution < 1.29 is 18.4 Å². The number of H-pyrrole nitrogens is 1. The SMILES string of the molecule is CC(=O)c1c([C@@H]2CCN(C(=O)c3cc(N)n[nH]3)[C@@H](C)C2)nc2c(-c3ccc(-c4ccc(F)cc4F)nc3)cnn2c1N. The molecule has 4 aromatic heterocycles. The highest BCUT2D eigenvalue weighted by Gasteiger charge is 2.34. The Hall–Kier alpha value is -5.20. The monoisotopic (exact) mass is 571 g/mol. The van der Waals surface area contributed by atoms with Gasteiger partial charge < -0.3 is 16.4 Å². The number of piperidine rings is 1. The van der Waals surface area contributed by atoms with E-state index < -0.39 is 11.6 Å². The first kappa shape index (κ1) is 27.0. The fourth-order valence-corrected chi connectivity index (χ4v) is 5.63. The van der Waals surface area contributed by atoms with Crippen LogP contribution >= 0.6 is 0 Å². The molecule has 11 nitrogen and oxygen atoms in total. The number of nitrogens with two attached hydrogens (primary N) is 2. The topological polar surface area (TPSA) is 161 Å². The van der Waals surface area contributed by atoms with Gasteiger partial charge in [0.2, 0.25) is 0 Å². The van der Waals surface area contributed by atoms with Crippen LogP contribution in [0.4, 0.5) is 20.4 Å². The molecule has 0 unspecified atom stereocenters. The van der Waals surface area contributed by atoms with Crippen LogP contribution in [0.25, 0.3) is 28.0 Å². The molecule has 5 heterocycles. The summed E-state index contributed by atoms with van der Waals surface area (Å²) < 4.78 is 29.1. The van der Waals surface area contributed by atoms with Gasteiger partial charge in [-0.1, -0.05) is 6.07 Å². The maximum Gasteiger partial charge on any atom is 0.272 e. The molecule has 1 fully saturated rings. The van der Waals surface area contributed by atoms with Gasteiger partial charge in [0.1, 0.15) is 29.0 Å². The first-order valence-electron chi connectivity index (χ1n) is 13.3. The van der Waals surface area contributed by atoms with E-state index >= 15 is 0 Å². The lowest BCUT2D eigenvalue weighted by atomic mass is 9.86. The maximum atomic E-state index is 14.3. The van der Waals surface area contributed by atoms with Crippen LogP contribution in [0.15, 0.2) is 48.8 Å². The maximum absolute atomic E-state index is 14.3. The Labute approximate surface area is 238 Å². The predicted molar refractivity (Wildman–Crippen MR) is 151 cm³/mol. The molecule has 5 N–H and O–H groups in total. The third kappa shape index (κ3) is 4.62. The smallest absolute Gasteiger partial charge is 0.272 e. The molecule has 42 heavy (non-hydrogen) atoms. The number of nitrogens with zero attached hydrogens (tertiary/aromatic N) is 6. The number of benzene rings is 1. The molecule has 214 valence electrons. The van der Waals surface area contributed by atoms with Crippen LogP contribution in [0.3, 0.4) is 0 Å². The number of hydrogen-bond donors (Lipinski definition) is 3. The van der Waals surface area contributed by atoms with Crippen LogP contribution in [0.1, 0.15) is 59.1 Å². The molecule has 0 aliphatic carbocycles. The molecule has 0 saturated carbocycles. The molecule has 6 rings (SSSR count). The van der Waals surface area contributed by atoms with E-state index in [2.05, 4.69) is 20.3 Å². The number of rotatable bonds is 5. The van der Waals surface area contributed by atoms with E-state index in [9.17, 15) is 18.4 Å².